The largest absolute Gasteiger partial charge is 0.435 e. The third-order valence-electron chi connectivity index (χ3n) is 6.96. The molecule has 0 bridgehead atoms. The van der Waals surface area contributed by atoms with Gasteiger partial charge in [-0.05, 0) is 61.9 Å². The summed E-state index contributed by atoms with van der Waals surface area (Å²) in [6.45, 7) is 2.08. The number of ketones is 1. The van der Waals surface area contributed by atoms with Crippen LogP contribution in [-0.2, 0) is 20.0 Å². The van der Waals surface area contributed by atoms with Crippen LogP contribution >= 0.6 is 0 Å². The van der Waals surface area contributed by atoms with Crippen molar-refractivity contribution in [3.05, 3.63) is 53.3 Å². The van der Waals surface area contributed by atoms with Gasteiger partial charge in [0.2, 0.25) is 5.91 Å². The molecule has 0 aliphatic carbocycles. The van der Waals surface area contributed by atoms with Crippen molar-refractivity contribution < 1.29 is 35.9 Å². The average molecular weight is 510 g/mol. The van der Waals surface area contributed by atoms with Crippen molar-refractivity contribution in [2.45, 2.75) is 52.1 Å². The van der Waals surface area contributed by atoms with Crippen LogP contribution in [0.5, 0.6) is 5.75 Å². The zero-order valence-electron chi connectivity index (χ0n) is 19.6. The van der Waals surface area contributed by atoms with E-state index in [1.165, 1.54) is 35.2 Å². The number of nitrogens with zero attached hydrogens (tertiary/aromatic N) is 1. The van der Waals surface area contributed by atoms with Crippen LogP contribution in [0.2, 0.25) is 0 Å². The van der Waals surface area contributed by atoms with Gasteiger partial charge in [-0.25, -0.2) is 12.8 Å². The summed E-state index contributed by atoms with van der Waals surface area (Å²) in [7, 11) is -3.11. The van der Waals surface area contributed by atoms with E-state index in [1.807, 2.05) is 6.92 Å². The molecular weight excluding hydrogens is 483 g/mol. The van der Waals surface area contributed by atoms with Gasteiger partial charge in [-0.1, -0.05) is 13.0 Å². The first-order valence-electron chi connectivity index (χ1n) is 11.2. The number of benzene rings is 2. The minimum absolute atomic E-state index is 0.00567. The van der Waals surface area contributed by atoms with Crippen LogP contribution in [0.1, 0.15) is 56.0 Å². The Labute approximate surface area is 202 Å². The predicted molar refractivity (Wildman–Crippen MR) is 125 cm³/mol. The van der Waals surface area contributed by atoms with E-state index < -0.39 is 44.8 Å². The molecule has 2 aliphatic heterocycles. The van der Waals surface area contributed by atoms with Gasteiger partial charge < -0.3 is 4.74 Å². The quantitative estimate of drug-likeness (QED) is 0.502. The smallest absolute Gasteiger partial charge is 0.387 e. The number of amides is 1. The lowest BCUT2D eigenvalue weighted by Crippen LogP contribution is -2.33. The number of anilines is 2. The number of ether oxygens (including phenoxy) is 1. The van der Waals surface area contributed by atoms with Crippen molar-refractivity contribution in [1.82, 2.24) is 0 Å². The number of sulfone groups is 1. The number of Topliss-reactive ketones (excluding diaryl/α,β-unsaturated/α-hetero) is 1. The van der Waals surface area contributed by atoms with Gasteiger partial charge in [0, 0.05) is 12.5 Å². The third kappa shape index (κ3) is 4.80. The fourth-order valence-corrected chi connectivity index (χ4v) is 6.52. The molecule has 2 aliphatic rings. The van der Waals surface area contributed by atoms with Crippen molar-refractivity contribution in [3.63, 3.8) is 0 Å². The Kier molecular flexibility index (Phi) is 6.24. The van der Waals surface area contributed by atoms with Gasteiger partial charge in [0.25, 0.3) is 0 Å². The number of carbonyl (C=O) groups is 2. The molecule has 10 heteroatoms. The average Bonchev–Trinajstić information content (AvgIpc) is 2.94. The first-order chi connectivity index (χ1) is 16.2. The molecule has 2 aromatic carbocycles. The van der Waals surface area contributed by atoms with Crippen LogP contribution in [0.3, 0.4) is 0 Å². The first kappa shape index (κ1) is 25.2. The number of halogens is 3. The molecule has 4 rings (SSSR count). The molecule has 1 saturated heterocycles. The molecule has 0 N–H and O–H groups in total. The summed E-state index contributed by atoms with van der Waals surface area (Å²) in [5, 5.41) is 0. The molecule has 188 valence electrons. The Morgan fingerprint density at radius 2 is 1.77 bits per heavy atom. The number of hydrogen-bond acceptors (Lipinski definition) is 5. The Morgan fingerprint density at radius 3 is 2.40 bits per heavy atom. The molecule has 1 amide bonds. The topological polar surface area (TPSA) is 80.8 Å². The maximum absolute atomic E-state index is 15.2. The summed E-state index contributed by atoms with van der Waals surface area (Å²) in [6, 6.07) is 8.06. The second kappa shape index (κ2) is 8.65. The van der Waals surface area contributed by atoms with Crippen molar-refractivity contribution >= 4 is 32.9 Å². The highest BCUT2D eigenvalue weighted by atomic mass is 32.2. The maximum atomic E-state index is 15.2. The van der Waals surface area contributed by atoms with Crippen molar-refractivity contribution in [1.29, 1.82) is 0 Å². The van der Waals surface area contributed by atoms with Gasteiger partial charge in [-0.3, -0.25) is 14.5 Å². The lowest BCUT2D eigenvalue weighted by Gasteiger charge is -2.32. The van der Waals surface area contributed by atoms with Crippen molar-refractivity contribution in [2.24, 2.45) is 5.41 Å². The van der Waals surface area contributed by atoms with Crippen LogP contribution in [0, 0.1) is 11.2 Å². The second-order valence-corrected chi connectivity index (χ2v) is 12.4. The molecule has 0 aromatic heterocycles. The summed E-state index contributed by atoms with van der Waals surface area (Å²) >= 11 is 0. The minimum Gasteiger partial charge on any atom is -0.435 e. The van der Waals surface area contributed by atoms with E-state index in [1.54, 1.807) is 13.8 Å². The highest BCUT2D eigenvalue weighted by molar-refractivity contribution is 7.91. The van der Waals surface area contributed by atoms with Crippen LogP contribution < -0.4 is 9.64 Å². The number of alkyl halides is 2. The normalized spacial score (nSPS) is 20.1. The predicted octanol–water partition coefficient (Wildman–Crippen LogP) is 5.17. The Bertz CT molecular complexity index is 1290. The van der Waals surface area contributed by atoms with Gasteiger partial charge in [0.1, 0.15) is 21.4 Å². The monoisotopic (exact) mass is 509 g/mol. The van der Waals surface area contributed by atoms with Gasteiger partial charge in [-0.2, -0.15) is 8.78 Å². The lowest BCUT2D eigenvalue weighted by molar-refractivity contribution is -0.121. The third-order valence-corrected chi connectivity index (χ3v) is 8.61. The zero-order chi connectivity index (χ0) is 25.8. The molecular formula is C25H26F3NO5S. The van der Waals surface area contributed by atoms with Crippen LogP contribution in [0.4, 0.5) is 24.5 Å². The number of carbonyl (C=O) groups excluding carboxylic acids is 2. The van der Waals surface area contributed by atoms with Crippen molar-refractivity contribution in [3.8, 4) is 5.75 Å². The number of rotatable bonds is 6. The summed E-state index contributed by atoms with van der Waals surface area (Å²) in [5.41, 5.74) is -0.941. The molecule has 0 unspecified atom stereocenters. The summed E-state index contributed by atoms with van der Waals surface area (Å²) in [4.78, 5) is 27.7. The van der Waals surface area contributed by atoms with Crippen molar-refractivity contribution in [2.75, 3.05) is 16.4 Å². The molecule has 0 radical (unpaired) electrons. The standard InChI is InChI=1S/C25H26F3NO5S/c1-24(2)18-12-17(21(30)14-25(3)7-9-35(32,33)10-8-25)19(26)13-20(18)29(22(24)31)15-5-4-6-16(11-15)34-23(27)28/h4-6,11-13,23H,7-10,14H2,1-3H3. The molecule has 2 aromatic rings. The highest BCUT2D eigenvalue weighted by Gasteiger charge is 2.46. The zero-order valence-corrected chi connectivity index (χ0v) is 20.4. The summed E-state index contributed by atoms with van der Waals surface area (Å²) in [6.07, 6.45) is 0.633. The molecule has 2 heterocycles. The van der Waals surface area contributed by atoms with Crippen LogP contribution in [0.15, 0.2) is 36.4 Å². The molecule has 0 atom stereocenters. The Morgan fingerprint density at radius 1 is 1.11 bits per heavy atom. The lowest BCUT2D eigenvalue weighted by atomic mass is 9.78. The fraction of sp³-hybridized carbons (Fsp3) is 0.440. The molecule has 0 saturated carbocycles. The minimum atomic E-state index is -3.11. The Hall–Kier alpha value is -2.88. The highest BCUT2D eigenvalue weighted by Crippen LogP contribution is 2.47. The molecule has 6 nitrogen and oxygen atoms in total. The summed E-state index contributed by atoms with van der Waals surface area (Å²) in [5.74, 6) is -1.83. The molecule has 35 heavy (non-hydrogen) atoms. The second-order valence-electron chi connectivity index (χ2n) is 10.1. The Balaban J connectivity index is 1.68. The van der Waals surface area contributed by atoms with E-state index in [0.29, 0.717) is 18.4 Å². The van der Waals surface area contributed by atoms with Crippen LogP contribution in [0.25, 0.3) is 0 Å². The molecule has 1 fully saturated rings. The number of fused-ring (bicyclic) bond motifs is 1. The first-order valence-corrected chi connectivity index (χ1v) is 13.0. The van der Waals surface area contributed by atoms with Gasteiger partial charge in [-0.15, -0.1) is 0 Å². The van der Waals surface area contributed by atoms with Gasteiger partial charge in [0.15, 0.2) is 5.78 Å². The number of hydrogen-bond donors (Lipinski definition) is 0. The van der Waals surface area contributed by atoms with Crippen LogP contribution in [-0.4, -0.2) is 38.2 Å². The molecule has 0 spiro atoms. The fourth-order valence-electron chi connectivity index (χ4n) is 4.71. The van der Waals surface area contributed by atoms with E-state index in [9.17, 15) is 26.8 Å². The van der Waals surface area contributed by atoms with Gasteiger partial charge >= 0.3 is 6.61 Å². The van der Waals surface area contributed by atoms with E-state index in [2.05, 4.69) is 4.74 Å². The van der Waals surface area contributed by atoms with E-state index in [-0.39, 0.29) is 40.6 Å². The van der Waals surface area contributed by atoms with E-state index in [0.717, 1.165) is 6.07 Å². The van der Waals surface area contributed by atoms with E-state index >= 15 is 4.39 Å². The summed E-state index contributed by atoms with van der Waals surface area (Å²) < 4.78 is 68.5. The SMILES string of the molecule is CC1(CC(=O)c2cc3c(cc2F)N(c2cccc(OC(F)F)c2)C(=O)C3(C)C)CCS(=O)(=O)CC1. The van der Waals surface area contributed by atoms with Gasteiger partial charge in [0.05, 0.1) is 33.9 Å². The van der Waals surface area contributed by atoms with E-state index in [4.69, 9.17) is 0 Å². The maximum Gasteiger partial charge on any atom is 0.387 e.